The first-order valence-electron chi connectivity index (χ1n) is 10.6. The van der Waals surface area contributed by atoms with Gasteiger partial charge in [-0.05, 0) is 37.6 Å². The zero-order valence-corrected chi connectivity index (χ0v) is 17.5. The van der Waals surface area contributed by atoms with E-state index in [0.29, 0.717) is 12.0 Å². The van der Waals surface area contributed by atoms with Gasteiger partial charge in [0.15, 0.2) is 5.96 Å². The van der Waals surface area contributed by atoms with Gasteiger partial charge in [-0.25, -0.2) is 0 Å². The normalized spacial score (nSPS) is 24.7. The molecule has 0 radical (unpaired) electrons. The molecular formula is C20H41N5O. The van der Waals surface area contributed by atoms with Crippen molar-refractivity contribution in [3.63, 3.8) is 0 Å². The Bertz CT molecular complexity index is 409. The van der Waals surface area contributed by atoms with Crippen LogP contribution in [0.1, 0.15) is 40.0 Å². The molecule has 6 heteroatoms. The van der Waals surface area contributed by atoms with Gasteiger partial charge in [0, 0.05) is 52.4 Å². The van der Waals surface area contributed by atoms with E-state index in [-0.39, 0.29) is 0 Å². The Labute approximate surface area is 160 Å². The summed E-state index contributed by atoms with van der Waals surface area (Å²) in [5.41, 5.74) is 0. The molecule has 0 aromatic rings. The summed E-state index contributed by atoms with van der Waals surface area (Å²) < 4.78 is 5.52. The molecule has 152 valence electrons. The smallest absolute Gasteiger partial charge is 0.191 e. The standard InChI is InChI=1S/C20H41N5O/c1-17(2)14-19(25-10-12-26-13-11-25)15-23-20(21-4)22-7-9-24-8-5-6-18(3)16-24/h17-19H,5-16H2,1-4H3,(H2,21,22,23). The van der Waals surface area contributed by atoms with Crippen molar-refractivity contribution in [2.24, 2.45) is 16.8 Å². The molecule has 0 aromatic heterocycles. The van der Waals surface area contributed by atoms with E-state index in [1.54, 1.807) is 0 Å². The molecule has 2 aliphatic heterocycles. The predicted molar refractivity (Wildman–Crippen MR) is 110 cm³/mol. The van der Waals surface area contributed by atoms with Crippen LogP contribution in [0.15, 0.2) is 4.99 Å². The maximum atomic E-state index is 5.52. The van der Waals surface area contributed by atoms with Gasteiger partial charge < -0.3 is 20.3 Å². The third-order valence-corrected chi connectivity index (χ3v) is 5.50. The Morgan fingerprint density at radius 1 is 1.19 bits per heavy atom. The molecule has 0 aromatic carbocycles. The summed E-state index contributed by atoms with van der Waals surface area (Å²) in [5, 5.41) is 7.05. The second kappa shape index (κ2) is 11.8. The Morgan fingerprint density at radius 3 is 2.62 bits per heavy atom. The summed E-state index contributed by atoms with van der Waals surface area (Å²) in [7, 11) is 1.87. The largest absolute Gasteiger partial charge is 0.379 e. The number of aliphatic imine (C=N–C) groups is 1. The van der Waals surface area contributed by atoms with Crippen LogP contribution in [-0.4, -0.2) is 87.9 Å². The van der Waals surface area contributed by atoms with E-state index < -0.39 is 0 Å². The molecule has 0 aliphatic carbocycles. The number of rotatable bonds is 8. The summed E-state index contributed by atoms with van der Waals surface area (Å²) in [6, 6.07) is 0.542. The van der Waals surface area contributed by atoms with E-state index in [1.165, 1.54) is 32.4 Å². The van der Waals surface area contributed by atoms with Gasteiger partial charge in [-0.2, -0.15) is 0 Å². The van der Waals surface area contributed by atoms with E-state index in [0.717, 1.165) is 57.8 Å². The van der Waals surface area contributed by atoms with Crippen LogP contribution in [0.2, 0.25) is 0 Å². The van der Waals surface area contributed by atoms with E-state index in [9.17, 15) is 0 Å². The Kier molecular flexibility index (Phi) is 9.72. The molecule has 2 aliphatic rings. The fourth-order valence-electron chi connectivity index (χ4n) is 4.11. The van der Waals surface area contributed by atoms with Crippen LogP contribution in [0, 0.1) is 11.8 Å². The first kappa shape index (κ1) is 21.5. The molecule has 2 unspecified atom stereocenters. The third-order valence-electron chi connectivity index (χ3n) is 5.50. The molecule has 0 spiro atoms. The zero-order chi connectivity index (χ0) is 18.8. The van der Waals surface area contributed by atoms with Crippen molar-refractivity contribution in [1.82, 2.24) is 20.4 Å². The number of nitrogens with zero attached hydrogens (tertiary/aromatic N) is 3. The number of piperidine rings is 1. The molecule has 2 heterocycles. The lowest BCUT2D eigenvalue weighted by Gasteiger charge is -2.36. The number of nitrogens with one attached hydrogen (secondary N) is 2. The molecule has 2 rings (SSSR count). The van der Waals surface area contributed by atoms with Crippen LogP contribution in [0.5, 0.6) is 0 Å². The molecule has 2 N–H and O–H groups in total. The molecule has 0 bridgehead atoms. The lowest BCUT2D eigenvalue weighted by atomic mass is 10.0. The average molecular weight is 368 g/mol. The number of guanidine groups is 1. The SMILES string of the molecule is CN=C(NCCN1CCCC(C)C1)NCC(CC(C)C)N1CCOCC1. The molecule has 6 nitrogen and oxygen atoms in total. The Balaban J connectivity index is 1.72. The molecule has 0 saturated carbocycles. The first-order chi connectivity index (χ1) is 12.6. The van der Waals surface area contributed by atoms with Crippen LogP contribution < -0.4 is 10.6 Å². The van der Waals surface area contributed by atoms with Crippen LogP contribution >= 0.6 is 0 Å². The maximum absolute atomic E-state index is 5.52. The third kappa shape index (κ3) is 7.80. The molecule has 2 atom stereocenters. The average Bonchev–Trinajstić information content (AvgIpc) is 2.64. The van der Waals surface area contributed by atoms with Gasteiger partial charge in [0.25, 0.3) is 0 Å². The van der Waals surface area contributed by atoms with Crippen LogP contribution in [0.25, 0.3) is 0 Å². The molecule has 0 amide bonds. The van der Waals surface area contributed by atoms with E-state index in [2.05, 4.69) is 46.2 Å². The van der Waals surface area contributed by atoms with Crippen molar-refractivity contribution in [3.8, 4) is 0 Å². The van der Waals surface area contributed by atoms with Gasteiger partial charge in [0.2, 0.25) is 0 Å². The Morgan fingerprint density at radius 2 is 1.96 bits per heavy atom. The van der Waals surface area contributed by atoms with Gasteiger partial charge in [0.05, 0.1) is 13.2 Å². The maximum Gasteiger partial charge on any atom is 0.191 e. The van der Waals surface area contributed by atoms with Crippen molar-refractivity contribution in [2.75, 3.05) is 66.1 Å². The monoisotopic (exact) mass is 367 g/mol. The van der Waals surface area contributed by atoms with Gasteiger partial charge in [-0.3, -0.25) is 9.89 Å². The minimum atomic E-state index is 0.542. The van der Waals surface area contributed by atoms with E-state index in [4.69, 9.17) is 4.74 Å². The van der Waals surface area contributed by atoms with Crippen molar-refractivity contribution >= 4 is 5.96 Å². The highest BCUT2D eigenvalue weighted by Gasteiger charge is 2.22. The highest BCUT2D eigenvalue weighted by molar-refractivity contribution is 5.79. The van der Waals surface area contributed by atoms with Crippen molar-refractivity contribution in [3.05, 3.63) is 0 Å². The quantitative estimate of drug-likeness (QED) is 0.504. The van der Waals surface area contributed by atoms with Gasteiger partial charge in [0.1, 0.15) is 0 Å². The number of likely N-dealkylation sites (tertiary alicyclic amines) is 1. The zero-order valence-electron chi connectivity index (χ0n) is 17.5. The summed E-state index contributed by atoms with van der Waals surface area (Å²) >= 11 is 0. The number of hydrogen-bond acceptors (Lipinski definition) is 4. The summed E-state index contributed by atoms with van der Waals surface area (Å²) in [5.74, 6) is 2.46. The lowest BCUT2D eigenvalue weighted by Crippen LogP contribution is -2.51. The van der Waals surface area contributed by atoms with Crippen molar-refractivity contribution < 1.29 is 4.74 Å². The van der Waals surface area contributed by atoms with Crippen LogP contribution in [0.4, 0.5) is 0 Å². The molecular weight excluding hydrogens is 326 g/mol. The topological polar surface area (TPSA) is 52.1 Å². The van der Waals surface area contributed by atoms with Gasteiger partial charge >= 0.3 is 0 Å². The lowest BCUT2D eigenvalue weighted by molar-refractivity contribution is 0.0132. The fraction of sp³-hybridized carbons (Fsp3) is 0.950. The minimum Gasteiger partial charge on any atom is -0.379 e. The van der Waals surface area contributed by atoms with Crippen molar-refractivity contribution in [2.45, 2.75) is 46.1 Å². The van der Waals surface area contributed by atoms with E-state index >= 15 is 0 Å². The van der Waals surface area contributed by atoms with E-state index in [1.807, 2.05) is 7.05 Å². The summed E-state index contributed by atoms with van der Waals surface area (Å²) in [6.07, 6.45) is 3.92. The van der Waals surface area contributed by atoms with Crippen LogP contribution in [-0.2, 0) is 4.74 Å². The first-order valence-corrected chi connectivity index (χ1v) is 10.6. The number of ether oxygens (including phenoxy) is 1. The van der Waals surface area contributed by atoms with Gasteiger partial charge in [-0.1, -0.05) is 20.8 Å². The molecule has 26 heavy (non-hydrogen) atoms. The molecule has 2 saturated heterocycles. The number of hydrogen-bond donors (Lipinski definition) is 2. The second-order valence-electron chi connectivity index (χ2n) is 8.36. The highest BCUT2D eigenvalue weighted by atomic mass is 16.5. The second-order valence-corrected chi connectivity index (χ2v) is 8.36. The highest BCUT2D eigenvalue weighted by Crippen LogP contribution is 2.15. The summed E-state index contributed by atoms with van der Waals surface area (Å²) in [6.45, 7) is 16.2. The minimum absolute atomic E-state index is 0.542. The van der Waals surface area contributed by atoms with Crippen LogP contribution in [0.3, 0.4) is 0 Å². The number of morpholine rings is 1. The van der Waals surface area contributed by atoms with Crippen molar-refractivity contribution in [1.29, 1.82) is 0 Å². The predicted octanol–water partition coefficient (Wildman–Crippen LogP) is 1.63. The van der Waals surface area contributed by atoms with Gasteiger partial charge in [-0.15, -0.1) is 0 Å². The molecule has 2 fully saturated rings. The Hall–Kier alpha value is -0.850. The summed E-state index contributed by atoms with van der Waals surface area (Å²) in [4.78, 5) is 9.56. The fourth-order valence-corrected chi connectivity index (χ4v) is 4.11.